The summed E-state index contributed by atoms with van der Waals surface area (Å²) in [6.45, 7) is 5.03. The van der Waals surface area contributed by atoms with Crippen molar-refractivity contribution in [1.82, 2.24) is 9.97 Å². The van der Waals surface area contributed by atoms with Crippen molar-refractivity contribution in [3.8, 4) is 11.8 Å². The number of halogens is 1. The van der Waals surface area contributed by atoms with Gasteiger partial charge in [-0.05, 0) is 42.1 Å². The fourth-order valence-corrected chi connectivity index (χ4v) is 3.43. The highest BCUT2D eigenvalue weighted by Gasteiger charge is 2.27. The van der Waals surface area contributed by atoms with E-state index in [-0.39, 0.29) is 23.1 Å². The van der Waals surface area contributed by atoms with E-state index in [1.54, 1.807) is 6.92 Å². The molecule has 1 aliphatic heterocycles. The van der Waals surface area contributed by atoms with Crippen LogP contribution in [0.2, 0.25) is 5.28 Å². The minimum atomic E-state index is 0.00535. The van der Waals surface area contributed by atoms with E-state index in [1.165, 1.54) is 6.20 Å². The molecule has 0 radical (unpaired) electrons. The summed E-state index contributed by atoms with van der Waals surface area (Å²) in [5, 5.41) is 9.37. The monoisotopic (exact) mass is 384 g/mol. The zero-order valence-corrected chi connectivity index (χ0v) is 16.1. The van der Waals surface area contributed by atoms with E-state index in [1.807, 2.05) is 36.1 Å². The fourth-order valence-electron chi connectivity index (χ4n) is 3.31. The van der Waals surface area contributed by atoms with Gasteiger partial charge < -0.3 is 14.4 Å². The van der Waals surface area contributed by atoms with Gasteiger partial charge in [-0.1, -0.05) is 19.1 Å². The van der Waals surface area contributed by atoms with Crippen LogP contribution < -0.4 is 9.64 Å². The Bertz CT molecular complexity index is 863. The van der Waals surface area contributed by atoms with E-state index in [0.29, 0.717) is 24.3 Å². The lowest BCUT2D eigenvalue weighted by Crippen LogP contribution is -2.26. The number of benzene rings is 1. The van der Waals surface area contributed by atoms with Gasteiger partial charge in [-0.2, -0.15) is 10.2 Å². The standard InChI is InChI=1S/C20H21ClN4O2/c1-13(9-14(2)26)15-3-5-17(6-4-15)27-18-7-8-25(12-18)19-16(10-22)11-23-20(21)24-19/h3-6,11,13,18H,7-9,12H2,1-2H3/t13-,18-/m1/s1. The summed E-state index contributed by atoms with van der Waals surface area (Å²) in [7, 11) is 0. The molecule has 0 bridgehead atoms. The molecule has 2 atom stereocenters. The summed E-state index contributed by atoms with van der Waals surface area (Å²) in [6.07, 6.45) is 2.82. The van der Waals surface area contributed by atoms with Crippen molar-refractivity contribution < 1.29 is 9.53 Å². The molecule has 140 valence electrons. The molecule has 0 aliphatic carbocycles. The topological polar surface area (TPSA) is 79.1 Å². The highest BCUT2D eigenvalue weighted by atomic mass is 35.5. The van der Waals surface area contributed by atoms with Gasteiger partial charge in [0, 0.05) is 19.4 Å². The van der Waals surface area contributed by atoms with Gasteiger partial charge in [0.15, 0.2) is 5.82 Å². The van der Waals surface area contributed by atoms with Crippen LogP contribution in [0, 0.1) is 11.3 Å². The molecule has 1 aromatic carbocycles. The summed E-state index contributed by atoms with van der Waals surface area (Å²) in [5.41, 5.74) is 1.53. The van der Waals surface area contributed by atoms with Crippen molar-refractivity contribution in [2.24, 2.45) is 0 Å². The van der Waals surface area contributed by atoms with Crippen LogP contribution in [0.5, 0.6) is 5.75 Å². The minimum Gasteiger partial charge on any atom is -0.489 e. The normalized spacial score (nSPS) is 17.4. The predicted molar refractivity (Wildman–Crippen MR) is 103 cm³/mol. The Labute approximate surface area is 163 Å². The Morgan fingerprint density at radius 1 is 1.44 bits per heavy atom. The molecular weight excluding hydrogens is 364 g/mol. The Hall–Kier alpha value is -2.65. The van der Waals surface area contributed by atoms with E-state index in [2.05, 4.69) is 16.0 Å². The fraction of sp³-hybridized carbons (Fsp3) is 0.400. The summed E-state index contributed by atoms with van der Waals surface area (Å²) in [6, 6.07) is 10.0. The number of aromatic nitrogens is 2. The van der Waals surface area contributed by atoms with Crippen molar-refractivity contribution in [3.05, 3.63) is 46.9 Å². The van der Waals surface area contributed by atoms with Crippen molar-refractivity contribution in [1.29, 1.82) is 5.26 Å². The van der Waals surface area contributed by atoms with Crippen LogP contribution >= 0.6 is 11.6 Å². The zero-order chi connectivity index (χ0) is 19.4. The average molecular weight is 385 g/mol. The number of carbonyl (C=O) groups excluding carboxylic acids is 1. The Kier molecular flexibility index (Phi) is 5.92. The summed E-state index contributed by atoms with van der Waals surface area (Å²) in [5.74, 6) is 1.74. The van der Waals surface area contributed by atoms with E-state index >= 15 is 0 Å². The third-order valence-electron chi connectivity index (χ3n) is 4.65. The van der Waals surface area contributed by atoms with Crippen LogP contribution in [0.25, 0.3) is 0 Å². The smallest absolute Gasteiger partial charge is 0.224 e. The van der Waals surface area contributed by atoms with Crippen LogP contribution in [0.1, 0.15) is 43.7 Å². The molecule has 0 N–H and O–H groups in total. The number of ether oxygens (including phenoxy) is 1. The van der Waals surface area contributed by atoms with Gasteiger partial charge in [-0.15, -0.1) is 0 Å². The van der Waals surface area contributed by atoms with Crippen molar-refractivity contribution in [3.63, 3.8) is 0 Å². The van der Waals surface area contributed by atoms with Gasteiger partial charge in [0.1, 0.15) is 29.3 Å². The molecule has 0 spiro atoms. The second-order valence-electron chi connectivity index (χ2n) is 6.84. The van der Waals surface area contributed by atoms with Gasteiger partial charge in [-0.25, -0.2) is 4.98 Å². The number of nitriles is 1. The maximum Gasteiger partial charge on any atom is 0.224 e. The molecule has 6 nitrogen and oxygen atoms in total. The first-order valence-electron chi connectivity index (χ1n) is 8.90. The van der Waals surface area contributed by atoms with Crippen LogP contribution in [-0.2, 0) is 4.79 Å². The lowest BCUT2D eigenvalue weighted by Gasteiger charge is -2.19. The van der Waals surface area contributed by atoms with Gasteiger partial charge >= 0.3 is 0 Å². The minimum absolute atomic E-state index is 0.00535. The maximum absolute atomic E-state index is 11.3. The van der Waals surface area contributed by atoms with E-state index in [4.69, 9.17) is 16.3 Å². The summed E-state index contributed by atoms with van der Waals surface area (Å²) >= 11 is 5.88. The van der Waals surface area contributed by atoms with Gasteiger partial charge in [0.2, 0.25) is 5.28 Å². The quantitative estimate of drug-likeness (QED) is 0.706. The first-order valence-corrected chi connectivity index (χ1v) is 9.27. The van der Waals surface area contributed by atoms with Gasteiger partial charge in [-0.3, -0.25) is 0 Å². The first-order chi connectivity index (χ1) is 13.0. The Balaban J connectivity index is 1.63. The molecule has 1 aliphatic rings. The number of hydrogen-bond acceptors (Lipinski definition) is 6. The van der Waals surface area contributed by atoms with E-state index in [0.717, 1.165) is 24.3 Å². The third kappa shape index (κ3) is 4.75. The zero-order valence-electron chi connectivity index (χ0n) is 15.4. The number of carbonyl (C=O) groups is 1. The number of hydrogen-bond donors (Lipinski definition) is 0. The number of rotatable bonds is 6. The van der Waals surface area contributed by atoms with Crippen LogP contribution in [0.4, 0.5) is 5.82 Å². The van der Waals surface area contributed by atoms with Crippen molar-refractivity contribution in [2.45, 2.75) is 38.7 Å². The second-order valence-corrected chi connectivity index (χ2v) is 7.18. The number of ketones is 1. The molecule has 1 fully saturated rings. The van der Waals surface area contributed by atoms with Crippen LogP contribution in [0.3, 0.4) is 0 Å². The maximum atomic E-state index is 11.3. The lowest BCUT2D eigenvalue weighted by atomic mass is 9.96. The first kappa shape index (κ1) is 19.1. The molecule has 0 unspecified atom stereocenters. The molecule has 2 heterocycles. The predicted octanol–water partition coefficient (Wildman–Crippen LogP) is 3.74. The molecule has 0 saturated carbocycles. The summed E-state index contributed by atoms with van der Waals surface area (Å²) in [4.78, 5) is 21.3. The number of nitrogens with zero attached hydrogens (tertiary/aromatic N) is 4. The average Bonchev–Trinajstić information content (AvgIpc) is 3.10. The largest absolute Gasteiger partial charge is 0.489 e. The molecular formula is C20H21ClN4O2. The molecule has 27 heavy (non-hydrogen) atoms. The van der Waals surface area contributed by atoms with Gasteiger partial charge in [0.25, 0.3) is 0 Å². The number of anilines is 1. The highest BCUT2D eigenvalue weighted by molar-refractivity contribution is 6.28. The molecule has 1 aromatic heterocycles. The number of Topliss-reactive ketones (excluding diaryl/α,β-unsaturated/α-hetero) is 1. The second kappa shape index (κ2) is 8.36. The van der Waals surface area contributed by atoms with Crippen molar-refractivity contribution in [2.75, 3.05) is 18.0 Å². The van der Waals surface area contributed by atoms with Crippen LogP contribution in [-0.4, -0.2) is 34.9 Å². The van der Waals surface area contributed by atoms with E-state index in [9.17, 15) is 10.1 Å². The molecule has 3 rings (SSSR count). The third-order valence-corrected chi connectivity index (χ3v) is 4.83. The highest BCUT2D eigenvalue weighted by Crippen LogP contribution is 2.27. The van der Waals surface area contributed by atoms with Crippen LogP contribution in [0.15, 0.2) is 30.5 Å². The van der Waals surface area contributed by atoms with Gasteiger partial charge in [0.05, 0.1) is 12.7 Å². The Morgan fingerprint density at radius 3 is 2.85 bits per heavy atom. The SMILES string of the molecule is CC(=O)C[C@@H](C)c1ccc(O[C@@H]2CCN(c3nc(Cl)ncc3C#N)C2)cc1. The van der Waals surface area contributed by atoms with E-state index < -0.39 is 0 Å². The van der Waals surface area contributed by atoms with Crippen molar-refractivity contribution >= 4 is 23.2 Å². The molecule has 2 aromatic rings. The molecule has 0 amide bonds. The molecule has 7 heteroatoms. The molecule has 1 saturated heterocycles. The lowest BCUT2D eigenvalue weighted by molar-refractivity contribution is -0.117. The summed E-state index contributed by atoms with van der Waals surface area (Å²) < 4.78 is 6.08. The Morgan fingerprint density at radius 2 is 2.19 bits per heavy atom.